The average molecular weight is 531 g/mol. The van der Waals surface area contributed by atoms with Crippen molar-refractivity contribution < 1.29 is 9.90 Å². The van der Waals surface area contributed by atoms with E-state index in [2.05, 4.69) is 16.7 Å². The number of nitrogens with zero attached hydrogens (tertiary/aromatic N) is 6. The van der Waals surface area contributed by atoms with Crippen molar-refractivity contribution >= 4 is 46.2 Å². The molecule has 2 saturated heterocycles. The van der Waals surface area contributed by atoms with E-state index < -0.39 is 5.97 Å². The zero-order chi connectivity index (χ0) is 25.4. The molecule has 2 aliphatic heterocycles. The minimum atomic E-state index is -0.710. The van der Waals surface area contributed by atoms with Crippen LogP contribution >= 0.6 is 23.2 Å². The number of aromatic nitrogens is 4. The van der Waals surface area contributed by atoms with Gasteiger partial charge in [-0.15, -0.1) is 0 Å². The van der Waals surface area contributed by atoms with Crippen LogP contribution < -0.4 is 4.90 Å². The Bertz CT molecular complexity index is 1260. The zero-order valence-electron chi connectivity index (χ0n) is 20.7. The Labute approximate surface area is 221 Å². The number of aryl methyl sites for hydroxylation is 1. The Balaban J connectivity index is 1.27. The maximum Gasteiger partial charge on any atom is 0.303 e. The molecule has 1 N–H and O–H groups in total. The van der Waals surface area contributed by atoms with Gasteiger partial charge in [-0.05, 0) is 75.7 Å². The standard InChI is InChI=1S/C26H32Cl2N6O2/c1-16-25-26(34(31-16)17(2)21-8-7-20(27)11-22(21)28)30-23(12-29-25)33-14-19(15-33)18-5-3-9-32(13-18)10-4-6-24(35)36/h7-8,11-12,17-19H,3-6,9-10,13-15H2,1-2H3,(H,35,36)/t17?,18-/m0/s1. The number of hydrogen-bond acceptors (Lipinski definition) is 6. The topological polar surface area (TPSA) is 87.4 Å². The maximum absolute atomic E-state index is 10.8. The third kappa shape index (κ3) is 5.17. The van der Waals surface area contributed by atoms with Gasteiger partial charge in [-0.25, -0.2) is 14.6 Å². The molecule has 0 saturated carbocycles. The Hall–Kier alpha value is -2.42. The van der Waals surface area contributed by atoms with Gasteiger partial charge in [0.05, 0.1) is 17.9 Å². The summed E-state index contributed by atoms with van der Waals surface area (Å²) in [6.07, 6.45) is 5.25. The molecule has 0 radical (unpaired) electrons. The van der Waals surface area contributed by atoms with Crippen LogP contribution in [0.4, 0.5) is 5.82 Å². The first-order valence-electron chi connectivity index (χ1n) is 12.7. The first-order valence-corrected chi connectivity index (χ1v) is 13.4. The summed E-state index contributed by atoms with van der Waals surface area (Å²) in [7, 11) is 0. The van der Waals surface area contributed by atoms with Crippen molar-refractivity contribution in [3.05, 3.63) is 45.7 Å². The number of carboxylic acids is 1. The Morgan fingerprint density at radius 1 is 1.22 bits per heavy atom. The van der Waals surface area contributed by atoms with E-state index in [1.165, 1.54) is 12.8 Å². The van der Waals surface area contributed by atoms with Gasteiger partial charge in [-0.1, -0.05) is 29.3 Å². The van der Waals surface area contributed by atoms with Gasteiger partial charge < -0.3 is 14.9 Å². The quantitative estimate of drug-likeness (QED) is 0.435. The van der Waals surface area contributed by atoms with Crippen molar-refractivity contribution in [1.82, 2.24) is 24.6 Å². The number of halogens is 2. The van der Waals surface area contributed by atoms with E-state index in [1.54, 1.807) is 6.07 Å². The van der Waals surface area contributed by atoms with Crippen LogP contribution in [-0.4, -0.2) is 68.4 Å². The van der Waals surface area contributed by atoms with Gasteiger partial charge in [0, 0.05) is 36.1 Å². The van der Waals surface area contributed by atoms with Crippen molar-refractivity contribution in [2.75, 3.05) is 37.6 Å². The molecule has 2 fully saturated rings. The molecule has 0 spiro atoms. The third-order valence-electron chi connectivity index (χ3n) is 7.65. The first kappa shape index (κ1) is 25.2. The fraction of sp³-hybridized carbons (Fsp3) is 0.538. The summed E-state index contributed by atoms with van der Waals surface area (Å²) >= 11 is 12.6. The van der Waals surface area contributed by atoms with E-state index >= 15 is 0 Å². The highest BCUT2D eigenvalue weighted by Gasteiger charge is 2.36. The minimum Gasteiger partial charge on any atom is -0.481 e. The van der Waals surface area contributed by atoms with Gasteiger partial charge in [0.15, 0.2) is 5.65 Å². The fourth-order valence-corrected chi connectivity index (χ4v) is 6.13. The van der Waals surface area contributed by atoms with Gasteiger partial charge in [-0.3, -0.25) is 4.79 Å². The predicted octanol–water partition coefficient (Wildman–Crippen LogP) is 5.06. The summed E-state index contributed by atoms with van der Waals surface area (Å²) < 4.78 is 1.91. The molecule has 3 aromatic rings. The molecule has 1 unspecified atom stereocenters. The lowest BCUT2D eigenvalue weighted by atomic mass is 9.80. The summed E-state index contributed by atoms with van der Waals surface area (Å²) in [5.74, 6) is 1.45. The number of aliphatic carboxylic acids is 1. The Kier molecular flexibility index (Phi) is 7.37. The van der Waals surface area contributed by atoms with E-state index in [0.717, 1.165) is 67.4 Å². The lowest BCUT2D eigenvalue weighted by Gasteiger charge is -2.47. The molecule has 8 nitrogen and oxygen atoms in total. The van der Waals surface area contributed by atoms with Crippen molar-refractivity contribution in [3.63, 3.8) is 0 Å². The van der Waals surface area contributed by atoms with E-state index in [0.29, 0.717) is 21.9 Å². The van der Waals surface area contributed by atoms with Gasteiger partial charge in [0.2, 0.25) is 0 Å². The number of anilines is 1. The van der Waals surface area contributed by atoms with Crippen molar-refractivity contribution in [1.29, 1.82) is 0 Å². The van der Waals surface area contributed by atoms with Gasteiger partial charge in [0.25, 0.3) is 0 Å². The smallest absolute Gasteiger partial charge is 0.303 e. The molecule has 0 aliphatic carbocycles. The van der Waals surface area contributed by atoms with Gasteiger partial charge in [-0.2, -0.15) is 5.10 Å². The van der Waals surface area contributed by atoms with Crippen molar-refractivity contribution in [2.24, 2.45) is 11.8 Å². The number of hydrogen-bond donors (Lipinski definition) is 1. The molecule has 10 heteroatoms. The second kappa shape index (κ2) is 10.5. The lowest BCUT2D eigenvalue weighted by molar-refractivity contribution is -0.137. The first-order chi connectivity index (χ1) is 17.3. The number of carboxylic acid groups (broad SMARTS) is 1. The number of carbonyl (C=O) groups is 1. The van der Waals surface area contributed by atoms with Gasteiger partial charge >= 0.3 is 5.97 Å². The van der Waals surface area contributed by atoms with Crippen LogP contribution in [0.2, 0.25) is 10.0 Å². The van der Waals surface area contributed by atoms with E-state index in [4.69, 9.17) is 43.4 Å². The molecule has 4 heterocycles. The monoisotopic (exact) mass is 530 g/mol. The summed E-state index contributed by atoms with van der Waals surface area (Å²) in [5.41, 5.74) is 3.34. The van der Waals surface area contributed by atoms with Crippen LogP contribution in [0.25, 0.3) is 11.2 Å². The van der Waals surface area contributed by atoms with Gasteiger partial charge in [0.1, 0.15) is 11.3 Å². The number of fused-ring (bicyclic) bond motifs is 1. The van der Waals surface area contributed by atoms with Crippen LogP contribution in [0.3, 0.4) is 0 Å². The highest BCUT2D eigenvalue weighted by Crippen LogP contribution is 2.35. The largest absolute Gasteiger partial charge is 0.481 e. The fourth-order valence-electron chi connectivity index (χ4n) is 5.57. The normalized spacial score (nSPS) is 20.0. The molecule has 192 valence electrons. The molecule has 1 aromatic carbocycles. The second-order valence-corrected chi connectivity index (χ2v) is 11.0. The molecule has 2 atom stereocenters. The Morgan fingerprint density at radius 2 is 2.03 bits per heavy atom. The summed E-state index contributed by atoms with van der Waals surface area (Å²) in [6.45, 7) is 8.97. The molecular weight excluding hydrogens is 499 g/mol. The SMILES string of the molecule is Cc1nn(C(C)c2ccc(Cl)cc2Cl)c2nc(N3CC([C@H]4CCCN(CCCC(=O)O)C4)C3)cnc12. The predicted molar refractivity (Wildman–Crippen MR) is 142 cm³/mol. The highest BCUT2D eigenvalue weighted by molar-refractivity contribution is 6.35. The molecule has 2 aromatic heterocycles. The van der Waals surface area contributed by atoms with Crippen LogP contribution in [0, 0.1) is 18.8 Å². The molecule has 36 heavy (non-hydrogen) atoms. The average Bonchev–Trinajstić information content (AvgIpc) is 3.14. The summed E-state index contributed by atoms with van der Waals surface area (Å²) in [6, 6.07) is 5.41. The molecule has 0 bridgehead atoms. The van der Waals surface area contributed by atoms with E-state index in [9.17, 15) is 4.79 Å². The summed E-state index contributed by atoms with van der Waals surface area (Å²) in [5, 5.41) is 14.9. The van der Waals surface area contributed by atoms with Crippen LogP contribution in [0.1, 0.15) is 49.9 Å². The number of likely N-dealkylation sites (tertiary alicyclic amines) is 1. The maximum atomic E-state index is 10.8. The number of piperidine rings is 1. The molecule has 2 aliphatic rings. The number of benzene rings is 1. The van der Waals surface area contributed by atoms with Crippen molar-refractivity contribution in [2.45, 2.75) is 45.6 Å². The lowest BCUT2D eigenvalue weighted by Crippen LogP contribution is -2.54. The molecule has 5 rings (SSSR count). The van der Waals surface area contributed by atoms with Crippen molar-refractivity contribution in [3.8, 4) is 0 Å². The van der Waals surface area contributed by atoms with E-state index in [-0.39, 0.29) is 12.5 Å². The number of rotatable bonds is 8. The molecule has 0 amide bonds. The Morgan fingerprint density at radius 3 is 2.78 bits per heavy atom. The van der Waals surface area contributed by atoms with E-state index in [1.807, 2.05) is 29.9 Å². The summed E-state index contributed by atoms with van der Waals surface area (Å²) in [4.78, 5) is 25.3. The highest BCUT2D eigenvalue weighted by atomic mass is 35.5. The van der Waals surface area contributed by atoms with Crippen LogP contribution in [0.5, 0.6) is 0 Å². The molecular formula is C26H32Cl2N6O2. The minimum absolute atomic E-state index is 0.117. The third-order valence-corrected chi connectivity index (χ3v) is 8.21. The van der Waals surface area contributed by atoms with Crippen LogP contribution in [0.15, 0.2) is 24.4 Å². The second-order valence-electron chi connectivity index (χ2n) is 10.1. The van der Waals surface area contributed by atoms with Crippen LogP contribution in [-0.2, 0) is 4.79 Å². The zero-order valence-corrected chi connectivity index (χ0v) is 22.2.